The first-order chi connectivity index (χ1) is 8.61. The Hall–Kier alpha value is -2.44. The molecule has 0 bridgehead atoms. The summed E-state index contributed by atoms with van der Waals surface area (Å²) in [6, 6.07) is 3.99. The molecule has 0 aromatic heterocycles. The lowest BCUT2D eigenvalue weighted by molar-refractivity contribution is -0.384. The molecule has 18 heavy (non-hydrogen) atoms. The van der Waals surface area contributed by atoms with E-state index in [1.165, 1.54) is 24.4 Å². The minimum atomic E-state index is -0.904. The van der Waals surface area contributed by atoms with E-state index in [0.29, 0.717) is 11.4 Å². The normalized spacial score (nSPS) is 16.6. The van der Waals surface area contributed by atoms with Crippen molar-refractivity contribution in [2.75, 3.05) is 6.61 Å². The molecule has 1 unspecified atom stereocenters. The molecule has 1 atom stereocenters. The summed E-state index contributed by atoms with van der Waals surface area (Å²) in [5.74, 6) is -0.216. The summed E-state index contributed by atoms with van der Waals surface area (Å²) >= 11 is 0. The van der Waals surface area contributed by atoms with Crippen LogP contribution in [0.1, 0.15) is 6.92 Å². The highest BCUT2D eigenvalue weighted by atomic mass is 16.6. The van der Waals surface area contributed by atoms with Gasteiger partial charge in [-0.25, -0.2) is 4.79 Å². The average Bonchev–Trinajstić information content (AvgIpc) is 2.37. The Bertz CT molecular complexity index is 526. The van der Waals surface area contributed by atoms with Gasteiger partial charge in [0.05, 0.1) is 17.7 Å². The van der Waals surface area contributed by atoms with E-state index >= 15 is 0 Å². The van der Waals surface area contributed by atoms with Crippen molar-refractivity contribution >= 4 is 23.6 Å². The summed E-state index contributed by atoms with van der Waals surface area (Å²) in [6.45, 7) is 1.94. The number of rotatable bonds is 3. The third-order valence-corrected chi connectivity index (χ3v) is 2.28. The Balaban J connectivity index is 2.22. The minimum absolute atomic E-state index is 0.0796. The first-order valence-electron chi connectivity index (χ1n) is 5.27. The SMILES string of the molecule is CCOC(=O)C1C=Nc2cc([N+](=O)[O-])ccc2O1. The van der Waals surface area contributed by atoms with Crippen molar-refractivity contribution in [3.05, 3.63) is 28.3 Å². The molecule has 1 aliphatic heterocycles. The topological polar surface area (TPSA) is 91.0 Å². The van der Waals surface area contributed by atoms with Crippen LogP contribution in [-0.2, 0) is 9.53 Å². The molecule has 0 aliphatic carbocycles. The van der Waals surface area contributed by atoms with Gasteiger partial charge >= 0.3 is 5.97 Å². The number of aliphatic imine (C=N–C) groups is 1. The Labute approximate surface area is 102 Å². The van der Waals surface area contributed by atoms with Gasteiger partial charge in [-0.15, -0.1) is 0 Å². The van der Waals surface area contributed by atoms with Crippen molar-refractivity contribution in [1.29, 1.82) is 0 Å². The van der Waals surface area contributed by atoms with E-state index in [0.717, 1.165) is 0 Å². The van der Waals surface area contributed by atoms with Crippen LogP contribution < -0.4 is 4.74 Å². The number of nitrogens with zero attached hydrogens (tertiary/aromatic N) is 2. The second-order valence-electron chi connectivity index (χ2n) is 3.48. The zero-order valence-corrected chi connectivity index (χ0v) is 9.53. The molecule has 1 aliphatic rings. The van der Waals surface area contributed by atoms with Crippen LogP contribution in [0.15, 0.2) is 23.2 Å². The number of fused-ring (bicyclic) bond motifs is 1. The van der Waals surface area contributed by atoms with Gasteiger partial charge in [0, 0.05) is 12.1 Å². The smallest absolute Gasteiger partial charge is 0.353 e. The highest BCUT2D eigenvalue weighted by molar-refractivity contribution is 5.95. The van der Waals surface area contributed by atoms with E-state index in [2.05, 4.69) is 4.99 Å². The third kappa shape index (κ3) is 2.29. The second kappa shape index (κ2) is 4.82. The van der Waals surface area contributed by atoms with Crippen molar-refractivity contribution in [3.63, 3.8) is 0 Å². The molecule has 0 fully saturated rings. The summed E-state index contributed by atoms with van der Waals surface area (Å²) in [5, 5.41) is 10.6. The van der Waals surface area contributed by atoms with Gasteiger partial charge in [-0.1, -0.05) is 0 Å². The molecule has 2 rings (SSSR count). The zero-order chi connectivity index (χ0) is 13.1. The average molecular weight is 250 g/mol. The number of carbonyl (C=O) groups is 1. The van der Waals surface area contributed by atoms with Crippen LogP contribution in [0.5, 0.6) is 5.75 Å². The fourth-order valence-corrected chi connectivity index (χ4v) is 1.47. The zero-order valence-electron chi connectivity index (χ0n) is 9.53. The number of carbonyl (C=O) groups excluding carboxylic acids is 1. The van der Waals surface area contributed by atoms with Crippen molar-refractivity contribution in [3.8, 4) is 5.75 Å². The number of hydrogen-bond donors (Lipinski definition) is 0. The molecular formula is C11H10N2O5. The van der Waals surface area contributed by atoms with E-state index in [9.17, 15) is 14.9 Å². The largest absolute Gasteiger partial charge is 0.471 e. The van der Waals surface area contributed by atoms with E-state index in [1.807, 2.05) is 0 Å². The number of hydrogen-bond acceptors (Lipinski definition) is 6. The Morgan fingerprint density at radius 1 is 1.61 bits per heavy atom. The van der Waals surface area contributed by atoms with E-state index < -0.39 is 17.0 Å². The van der Waals surface area contributed by atoms with Crippen LogP contribution >= 0.6 is 0 Å². The number of nitro benzene ring substituents is 1. The van der Waals surface area contributed by atoms with Crippen LogP contribution in [0.3, 0.4) is 0 Å². The van der Waals surface area contributed by atoms with Gasteiger partial charge in [0.25, 0.3) is 5.69 Å². The fraction of sp³-hybridized carbons (Fsp3) is 0.273. The molecule has 7 nitrogen and oxygen atoms in total. The molecule has 94 valence electrons. The monoisotopic (exact) mass is 250 g/mol. The lowest BCUT2D eigenvalue weighted by atomic mass is 10.2. The van der Waals surface area contributed by atoms with Crippen molar-refractivity contribution < 1.29 is 19.2 Å². The highest BCUT2D eigenvalue weighted by Crippen LogP contribution is 2.34. The lowest BCUT2D eigenvalue weighted by Gasteiger charge is -2.18. The van der Waals surface area contributed by atoms with E-state index in [1.54, 1.807) is 6.92 Å². The maximum atomic E-state index is 11.4. The quantitative estimate of drug-likeness (QED) is 0.461. The van der Waals surface area contributed by atoms with Crippen molar-refractivity contribution in [2.24, 2.45) is 4.99 Å². The fourth-order valence-electron chi connectivity index (χ4n) is 1.47. The predicted octanol–water partition coefficient (Wildman–Crippen LogP) is 1.62. The van der Waals surface area contributed by atoms with Crippen LogP contribution in [0.2, 0.25) is 0 Å². The number of ether oxygens (including phenoxy) is 2. The molecule has 0 amide bonds. The standard InChI is InChI=1S/C11H10N2O5/c1-2-17-11(14)10-6-12-8-5-7(13(15)16)3-4-9(8)18-10/h3-6,10H,2H2,1H3. The van der Waals surface area contributed by atoms with Crippen LogP contribution in [-0.4, -0.2) is 29.8 Å². The first kappa shape index (κ1) is 12.0. The number of benzene rings is 1. The molecule has 1 aromatic carbocycles. The molecule has 0 spiro atoms. The van der Waals surface area contributed by atoms with E-state index in [4.69, 9.17) is 9.47 Å². The van der Waals surface area contributed by atoms with E-state index in [-0.39, 0.29) is 12.3 Å². The molecule has 0 N–H and O–H groups in total. The maximum absolute atomic E-state index is 11.4. The van der Waals surface area contributed by atoms with Gasteiger partial charge in [-0.05, 0) is 13.0 Å². The molecule has 0 saturated heterocycles. The highest BCUT2D eigenvalue weighted by Gasteiger charge is 2.25. The minimum Gasteiger partial charge on any atom is -0.471 e. The Kier molecular flexibility index (Phi) is 3.22. The Morgan fingerprint density at radius 2 is 2.39 bits per heavy atom. The molecule has 1 aromatic rings. The van der Waals surface area contributed by atoms with Gasteiger partial charge in [0.1, 0.15) is 11.4 Å². The number of esters is 1. The van der Waals surface area contributed by atoms with Gasteiger partial charge in [-0.2, -0.15) is 0 Å². The molecule has 1 heterocycles. The number of nitro groups is 1. The predicted molar refractivity (Wildman–Crippen MR) is 62.3 cm³/mol. The summed E-state index contributed by atoms with van der Waals surface area (Å²) in [4.78, 5) is 25.5. The van der Waals surface area contributed by atoms with Gasteiger partial charge in [0.2, 0.25) is 6.10 Å². The molecule has 0 radical (unpaired) electrons. The second-order valence-corrected chi connectivity index (χ2v) is 3.48. The van der Waals surface area contributed by atoms with Gasteiger partial charge < -0.3 is 9.47 Å². The summed E-state index contributed by atoms with van der Waals surface area (Å²) in [5.41, 5.74) is 0.244. The third-order valence-electron chi connectivity index (χ3n) is 2.28. The number of non-ortho nitro benzene ring substituents is 1. The van der Waals surface area contributed by atoms with Crippen LogP contribution in [0.4, 0.5) is 11.4 Å². The maximum Gasteiger partial charge on any atom is 0.353 e. The lowest BCUT2D eigenvalue weighted by Crippen LogP contribution is -2.32. The van der Waals surface area contributed by atoms with Crippen LogP contribution in [0, 0.1) is 10.1 Å². The van der Waals surface area contributed by atoms with Crippen molar-refractivity contribution in [1.82, 2.24) is 0 Å². The van der Waals surface area contributed by atoms with Gasteiger partial charge in [0.15, 0.2) is 0 Å². The first-order valence-corrected chi connectivity index (χ1v) is 5.27. The molecular weight excluding hydrogens is 240 g/mol. The van der Waals surface area contributed by atoms with Crippen molar-refractivity contribution in [2.45, 2.75) is 13.0 Å². The van der Waals surface area contributed by atoms with Gasteiger partial charge in [-0.3, -0.25) is 15.1 Å². The summed E-state index contributed by atoms with van der Waals surface area (Å²) < 4.78 is 10.1. The summed E-state index contributed by atoms with van der Waals surface area (Å²) in [7, 11) is 0. The molecule has 7 heteroatoms. The summed E-state index contributed by atoms with van der Waals surface area (Å²) in [6.07, 6.45) is 0.364. The molecule has 0 saturated carbocycles. The Morgan fingerprint density at radius 3 is 3.06 bits per heavy atom. The van der Waals surface area contributed by atoms with Crippen LogP contribution in [0.25, 0.3) is 0 Å².